The predicted molar refractivity (Wildman–Crippen MR) is 91.2 cm³/mol. The molecule has 0 aliphatic rings. The zero-order valence-electron chi connectivity index (χ0n) is 12.5. The van der Waals surface area contributed by atoms with Crippen LogP contribution in [0.1, 0.15) is 43.9 Å². The summed E-state index contributed by atoms with van der Waals surface area (Å²) in [6.45, 7) is 4.32. The molecular formula is C18H21BrFN. The van der Waals surface area contributed by atoms with Crippen LogP contribution in [0.15, 0.2) is 46.9 Å². The smallest absolute Gasteiger partial charge is 0.124 e. The predicted octanol–water partition coefficient (Wildman–Crippen LogP) is 6.10. The van der Waals surface area contributed by atoms with Gasteiger partial charge in [-0.3, -0.25) is 0 Å². The third kappa shape index (κ3) is 4.57. The number of hydrogen-bond acceptors (Lipinski definition) is 1. The molecule has 112 valence electrons. The number of rotatable bonds is 6. The molecule has 1 atom stereocenters. The van der Waals surface area contributed by atoms with Gasteiger partial charge in [-0.25, -0.2) is 4.39 Å². The van der Waals surface area contributed by atoms with Crippen molar-refractivity contribution in [2.24, 2.45) is 0 Å². The molecule has 0 amide bonds. The summed E-state index contributed by atoms with van der Waals surface area (Å²) in [6.07, 6.45) is 3.59. The van der Waals surface area contributed by atoms with Crippen molar-refractivity contribution in [3.8, 4) is 0 Å². The number of benzene rings is 2. The zero-order valence-corrected chi connectivity index (χ0v) is 14.1. The summed E-state index contributed by atoms with van der Waals surface area (Å²) in [5, 5.41) is 3.40. The lowest BCUT2D eigenvalue weighted by Gasteiger charge is -2.17. The molecule has 0 radical (unpaired) electrons. The highest BCUT2D eigenvalue weighted by Gasteiger charge is 2.08. The SMILES string of the molecule is CCCCc1ccc(C(C)Nc2ccc(F)cc2Br)cc1. The van der Waals surface area contributed by atoms with E-state index in [0.29, 0.717) is 0 Å². The van der Waals surface area contributed by atoms with Gasteiger partial charge < -0.3 is 5.32 Å². The van der Waals surface area contributed by atoms with E-state index >= 15 is 0 Å². The van der Waals surface area contributed by atoms with Crippen LogP contribution >= 0.6 is 15.9 Å². The molecule has 2 rings (SSSR count). The summed E-state index contributed by atoms with van der Waals surface area (Å²) < 4.78 is 13.8. The highest BCUT2D eigenvalue weighted by atomic mass is 79.9. The Bertz CT molecular complexity index is 580. The first kappa shape index (κ1) is 16.0. The van der Waals surface area contributed by atoms with Gasteiger partial charge in [-0.1, -0.05) is 37.6 Å². The van der Waals surface area contributed by atoms with Crippen molar-refractivity contribution >= 4 is 21.6 Å². The maximum absolute atomic E-state index is 13.1. The minimum atomic E-state index is -0.236. The Kier molecular flexibility index (Phi) is 5.80. The number of aryl methyl sites for hydroxylation is 1. The van der Waals surface area contributed by atoms with Gasteiger partial charge in [0, 0.05) is 16.2 Å². The van der Waals surface area contributed by atoms with Crippen LogP contribution in [0.2, 0.25) is 0 Å². The van der Waals surface area contributed by atoms with E-state index in [0.717, 1.165) is 16.6 Å². The quantitative estimate of drug-likeness (QED) is 0.663. The Morgan fingerprint density at radius 1 is 1.14 bits per heavy atom. The Morgan fingerprint density at radius 2 is 1.86 bits per heavy atom. The molecule has 1 nitrogen and oxygen atoms in total. The third-order valence-electron chi connectivity index (χ3n) is 3.60. The molecule has 0 aliphatic carbocycles. The summed E-state index contributed by atoms with van der Waals surface area (Å²) in [7, 11) is 0. The van der Waals surface area contributed by atoms with E-state index in [2.05, 4.69) is 59.4 Å². The summed E-state index contributed by atoms with van der Waals surface area (Å²) in [4.78, 5) is 0. The van der Waals surface area contributed by atoms with E-state index < -0.39 is 0 Å². The van der Waals surface area contributed by atoms with Crippen molar-refractivity contribution in [1.29, 1.82) is 0 Å². The van der Waals surface area contributed by atoms with Gasteiger partial charge in [-0.2, -0.15) is 0 Å². The molecule has 0 spiro atoms. The molecule has 0 bridgehead atoms. The third-order valence-corrected chi connectivity index (χ3v) is 4.26. The van der Waals surface area contributed by atoms with Gasteiger partial charge in [0.15, 0.2) is 0 Å². The van der Waals surface area contributed by atoms with Crippen LogP contribution in [0.4, 0.5) is 10.1 Å². The van der Waals surface area contributed by atoms with Crippen molar-refractivity contribution in [1.82, 2.24) is 0 Å². The normalized spacial score (nSPS) is 12.2. The first-order chi connectivity index (χ1) is 10.1. The molecule has 2 aromatic rings. The van der Waals surface area contributed by atoms with E-state index in [1.165, 1.54) is 36.1 Å². The molecule has 0 saturated carbocycles. The molecule has 1 N–H and O–H groups in total. The van der Waals surface area contributed by atoms with E-state index in [1.807, 2.05) is 0 Å². The van der Waals surface area contributed by atoms with Crippen molar-refractivity contribution in [3.05, 3.63) is 63.9 Å². The van der Waals surface area contributed by atoms with Crippen LogP contribution in [-0.4, -0.2) is 0 Å². The lowest BCUT2D eigenvalue weighted by Crippen LogP contribution is -2.07. The second-order valence-electron chi connectivity index (χ2n) is 5.34. The number of anilines is 1. The van der Waals surface area contributed by atoms with Crippen molar-refractivity contribution in [2.75, 3.05) is 5.32 Å². The molecule has 0 aromatic heterocycles. The maximum atomic E-state index is 13.1. The van der Waals surface area contributed by atoms with Crippen molar-refractivity contribution in [2.45, 2.75) is 39.2 Å². The van der Waals surface area contributed by atoms with Crippen molar-refractivity contribution < 1.29 is 4.39 Å². The molecule has 0 aliphatic heterocycles. The Balaban J connectivity index is 2.04. The molecule has 21 heavy (non-hydrogen) atoms. The Labute approximate surface area is 134 Å². The largest absolute Gasteiger partial charge is 0.378 e. The fraction of sp³-hybridized carbons (Fsp3) is 0.333. The Morgan fingerprint density at radius 3 is 2.48 bits per heavy atom. The van der Waals surface area contributed by atoms with Gasteiger partial charge in [0.1, 0.15) is 5.82 Å². The number of hydrogen-bond donors (Lipinski definition) is 1. The molecular weight excluding hydrogens is 329 g/mol. The average Bonchev–Trinajstić information content (AvgIpc) is 2.48. The van der Waals surface area contributed by atoms with E-state index in [9.17, 15) is 4.39 Å². The maximum Gasteiger partial charge on any atom is 0.124 e. The van der Waals surface area contributed by atoms with E-state index in [1.54, 1.807) is 6.07 Å². The van der Waals surface area contributed by atoms with Gasteiger partial charge in [-0.15, -0.1) is 0 Å². The van der Waals surface area contributed by atoms with Crippen LogP contribution in [0.3, 0.4) is 0 Å². The molecule has 0 fully saturated rings. The molecule has 2 aromatic carbocycles. The van der Waals surface area contributed by atoms with Crippen LogP contribution < -0.4 is 5.32 Å². The van der Waals surface area contributed by atoms with Gasteiger partial charge in [0.2, 0.25) is 0 Å². The first-order valence-electron chi connectivity index (χ1n) is 7.40. The van der Waals surface area contributed by atoms with Crippen LogP contribution in [0, 0.1) is 5.82 Å². The Hall–Kier alpha value is -1.35. The summed E-state index contributed by atoms with van der Waals surface area (Å²) in [5.41, 5.74) is 3.51. The zero-order chi connectivity index (χ0) is 15.2. The molecule has 0 heterocycles. The minimum absolute atomic E-state index is 0.173. The fourth-order valence-corrected chi connectivity index (χ4v) is 2.74. The lowest BCUT2D eigenvalue weighted by atomic mass is 10.0. The number of unbranched alkanes of at least 4 members (excludes halogenated alkanes) is 1. The van der Waals surface area contributed by atoms with Crippen molar-refractivity contribution in [3.63, 3.8) is 0 Å². The van der Waals surface area contributed by atoms with Gasteiger partial charge in [0.25, 0.3) is 0 Å². The standard InChI is InChI=1S/C18H21BrFN/c1-3-4-5-14-6-8-15(9-7-14)13(2)21-18-11-10-16(20)12-17(18)19/h6-13,21H,3-5H2,1-2H3. The highest BCUT2D eigenvalue weighted by molar-refractivity contribution is 9.10. The molecule has 3 heteroatoms. The van der Waals surface area contributed by atoms with E-state index in [4.69, 9.17) is 0 Å². The lowest BCUT2D eigenvalue weighted by molar-refractivity contribution is 0.627. The second kappa shape index (κ2) is 7.60. The number of nitrogens with one attached hydrogen (secondary N) is 1. The number of halogens is 2. The highest BCUT2D eigenvalue weighted by Crippen LogP contribution is 2.27. The summed E-state index contributed by atoms with van der Waals surface area (Å²) in [6, 6.07) is 13.6. The topological polar surface area (TPSA) is 12.0 Å². The van der Waals surface area contributed by atoms with Gasteiger partial charge >= 0.3 is 0 Å². The van der Waals surface area contributed by atoms with E-state index in [-0.39, 0.29) is 11.9 Å². The second-order valence-corrected chi connectivity index (χ2v) is 6.19. The summed E-state index contributed by atoms with van der Waals surface area (Å²) in [5.74, 6) is -0.236. The minimum Gasteiger partial charge on any atom is -0.378 e. The summed E-state index contributed by atoms with van der Waals surface area (Å²) >= 11 is 3.39. The fourth-order valence-electron chi connectivity index (χ4n) is 2.28. The van der Waals surface area contributed by atoms with Crippen LogP contribution in [-0.2, 0) is 6.42 Å². The molecule has 0 saturated heterocycles. The monoisotopic (exact) mass is 349 g/mol. The average molecular weight is 350 g/mol. The first-order valence-corrected chi connectivity index (χ1v) is 8.20. The van der Waals surface area contributed by atoms with Gasteiger partial charge in [0.05, 0.1) is 0 Å². The van der Waals surface area contributed by atoms with Crippen LogP contribution in [0.5, 0.6) is 0 Å². The molecule has 1 unspecified atom stereocenters. The van der Waals surface area contributed by atoms with Crippen LogP contribution in [0.25, 0.3) is 0 Å². The van der Waals surface area contributed by atoms with Gasteiger partial charge in [-0.05, 0) is 65.0 Å².